The van der Waals surface area contributed by atoms with Crippen molar-refractivity contribution in [3.63, 3.8) is 0 Å². The number of carbonyl (C=O) groups is 1. The van der Waals surface area contributed by atoms with Gasteiger partial charge in [-0.15, -0.1) is 0 Å². The second kappa shape index (κ2) is 6.33. The minimum absolute atomic E-state index is 0.0228. The van der Waals surface area contributed by atoms with Crippen molar-refractivity contribution in [2.45, 2.75) is 45.1 Å². The number of likely N-dealkylation sites (tertiary alicyclic amines) is 1. The maximum absolute atomic E-state index is 13.8. The highest BCUT2D eigenvalue weighted by Gasteiger charge is 2.33. The van der Waals surface area contributed by atoms with Crippen molar-refractivity contribution in [1.82, 2.24) is 4.90 Å². The first kappa shape index (κ1) is 15.2. The number of ether oxygens (including phenoxy) is 2. The molecule has 0 aromatic carbocycles. The molecule has 1 fully saturated rings. The van der Waals surface area contributed by atoms with Crippen molar-refractivity contribution in [3.05, 3.63) is 0 Å². The van der Waals surface area contributed by atoms with Crippen LogP contribution in [-0.2, 0) is 9.47 Å². The van der Waals surface area contributed by atoms with Crippen molar-refractivity contribution >= 4 is 6.09 Å². The summed E-state index contributed by atoms with van der Waals surface area (Å²) in [5.41, 5.74) is -0.576. The smallest absolute Gasteiger partial charge is 0.410 e. The largest absolute Gasteiger partial charge is 0.444 e. The number of aliphatic hydroxyl groups is 1. The van der Waals surface area contributed by atoms with E-state index in [4.69, 9.17) is 14.6 Å². The minimum Gasteiger partial charge on any atom is -0.444 e. The third kappa shape index (κ3) is 4.78. The lowest BCUT2D eigenvalue weighted by Gasteiger charge is -2.35. The van der Waals surface area contributed by atoms with Crippen LogP contribution in [-0.4, -0.2) is 60.3 Å². The van der Waals surface area contributed by atoms with E-state index in [1.165, 1.54) is 4.90 Å². The molecule has 1 amide bonds. The predicted molar refractivity (Wildman–Crippen MR) is 64.1 cm³/mol. The van der Waals surface area contributed by atoms with E-state index in [1.54, 1.807) is 20.8 Å². The number of hydrogen-bond acceptors (Lipinski definition) is 4. The van der Waals surface area contributed by atoms with E-state index in [0.717, 1.165) is 0 Å². The average molecular weight is 263 g/mol. The standard InChI is InChI=1S/C12H22FNO4/c1-12(2,3)18-11(16)14-5-4-10(9(13)8-14)17-7-6-15/h9-10,15H,4-8H2,1-3H3/t9-,10+/m1/s1. The zero-order valence-corrected chi connectivity index (χ0v) is 11.2. The molecule has 1 N–H and O–H groups in total. The van der Waals surface area contributed by atoms with Gasteiger partial charge in [0.05, 0.1) is 25.9 Å². The van der Waals surface area contributed by atoms with Gasteiger partial charge in [0.2, 0.25) is 0 Å². The van der Waals surface area contributed by atoms with Crippen LogP contribution >= 0.6 is 0 Å². The molecule has 1 aliphatic heterocycles. The summed E-state index contributed by atoms with van der Waals surface area (Å²) in [5, 5.41) is 8.62. The molecule has 0 aromatic rings. The van der Waals surface area contributed by atoms with Crippen molar-refractivity contribution in [2.75, 3.05) is 26.3 Å². The first-order chi connectivity index (χ1) is 8.33. The third-order valence-corrected chi connectivity index (χ3v) is 2.56. The van der Waals surface area contributed by atoms with Gasteiger partial charge >= 0.3 is 6.09 Å². The van der Waals surface area contributed by atoms with E-state index in [1.807, 2.05) is 0 Å². The molecular weight excluding hydrogens is 241 g/mol. The molecule has 18 heavy (non-hydrogen) atoms. The zero-order valence-electron chi connectivity index (χ0n) is 11.2. The van der Waals surface area contributed by atoms with Crippen molar-refractivity contribution in [2.24, 2.45) is 0 Å². The molecule has 0 aliphatic carbocycles. The quantitative estimate of drug-likeness (QED) is 0.835. The fraction of sp³-hybridized carbons (Fsp3) is 0.917. The fourth-order valence-electron chi connectivity index (χ4n) is 1.77. The summed E-state index contributed by atoms with van der Waals surface area (Å²) in [6.07, 6.45) is -1.86. The number of halogens is 1. The summed E-state index contributed by atoms with van der Waals surface area (Å²) in [6, 6.07) is 0. The van der Waals surface area contributed by atoms with Crippen LogP contribution in [0.3, 0.4) is 0 Å². The lowest BCUT2D eigenvalue weighted by Crippen LogP contribution is -2.49. The van der Waals surface area contributed by atoms with E-state index in [0.29, 0.717) is 13.0 Å². The zero-order chi connectivity index (χ0) is 13.8. The number of amides is 1. The maximum Gasteiger partial charge on any atom is 0.410 e. The van der Waals surface area contributed by atoms with Crippen LogP contribution in [0, 0.1) is 0 Å². The number of alkyl halides is 1. The van der Waals surface area contributed by atoms with Crippen LogP contribution in [0.5, 0.6) is 0 Å². The van der Waals surface area contributed by atoms with Gasteiger partial charge in [0.15, 0.2) is 0 Å². The molecule has 0 saturated carbocycles. The summed E-state index contributed by atoms with van der Waals surface area (Å²) in [5.74, 6) is 0. The highest BCUT2D eigenvalue weighted by atomic mass is 19.1. The highest BCUT2D eigenvalue weighted by molar-refractivity contribution is 5.68. The first-order valence-electron chi connectivity index (χ1n) is 6.18. The summed E-state index contributed by atoms with van der Waals surface area (Å²) < 4.78 is 24.1. The van der Waals surface area contributed by atoms with Crippen molar-refractivity contribution in [3.8, 4) is 0 Å². The topological polar surface area (TPSA) is 59.0 Å². The van der Waals surface area contributed by atoms with E-state index in [2.05, 4.69) is 0 Å². The van der Waals surface area contributed by atoms with Crippen LogP contribution in [0.1, 0.15) is 27.2 Å². The molecular formula is C12H22FNO4. The lowest BCUT2D eigenvalue weighted by molar-refractivity contribution is -0.0588. The minimum atomic E-state index is -1.24. The molecule has 0 spiro atoms. The van der Waals surface area contributed by atoms with Crippen molar-refractivity contribution in [1.29, 1.82) is 0 Å². The van der Waals surface area contributed by atoms with Crippen LogP contribution in [0.25, 0.3) is 0 Å². The molecule has 0 radical (unpaired) electrons. The van der Waals surface area contributed by atoms with Crippen LogP contribution < -0.4 is 0 Å². The Morgan fingerprint density at radius 2 is 2.17 bits per heavy atom. The van der Waals surface area contributed by atoms with Crippen LogP contribution in [0.15, 0.2) is 0 Å². The Labute approximate surface area is 107 Å². The summed E-state index contributed by atoms with van der Waals surface area (Å²) in [4.78, 5) is 13.1. The number of hydrogen-bond donors (Lipinski definition) is 1. The molecule has 1 rings (SSSR count). The molecule has 1 saturated heterocycles. The molecule has 1 heterocycles. The summed E-state index contributed by atoms with van der Waals surface area (Å²) in [7, 11) is 0. The van der Waals surface area contributed by atoms with Crippen molar-refractivity contribution < 1.29 is 23.8 Å². The van der Waals surface area contributed by atoms with Crippen LogP contribution in [0.2, 0.25) is 0 Å². The van der Waals surface area contributed by atoms with Gasteiger partial charge in [0.1, 0.15) is 11.8 Å². The maximum atomic E-state index is 13.8. The van der Waals surface area contributed by atoms with Gasteiger partial charge in [-0.1, -0.05) is 0 Å². The van der Waals surface area contributed by atoms with Gasteiger partial charge in [-0.25, -0.2) is 9.18 Å². The second-order valence-electron chi connectivity index (χ2n) is 5.36. The Morgan fingerprint density at radius 1 is 1.50 bits per heavy atom. The van der Waals surface area contributed by atoms with E-state index in [9.17, 15) is 9.18 Å². The Bertz CT molecular complexity index is 280. The number of nitrogens with zero attached hydrogens (tertiary/aromatic N) is 1. The van der Waals surface area contributed by atoms with Gasteiger partial charge in [0.25, 0.3) is 0 Å². The Balaban J connectivity index is 2.43. The number of rotatable bonds is 3. The molecule has 0 bridgehead atoms. The number of piperidine rings is 1. The Morgan fingerprint density at radius 3 is 2.67 bits per heavy atom. The molecule has 0 unspecified atom stereocenters. The van der Waals surface area contributed by atoms with Gasteiger partial charge in [-0.05, 0) is 27.2 Å². The molecule has 6 heteroatoms. The van der Waals surface area contributed by atoms with Gasteiger partial charge in [-0.3, -0.25) is 0 Å². The van der Waals surface area contributed by atoms with E-state index < -0.39 is 24.0 Å². The molecule has 106 valence electrons. The summed E-state index contributed by atoms with van der Waals surface area (Å²) >= 11 is 0. The third-order valence-electron chi connectivity index (χ3n) is 2.56. The molecule has 2 atom stereocenters. The molecule has 1 aliphatic rings. The normalized spacial score (nSPS) is 25.1. The van der Waals surface area contributed by atoms with Gasteiger partial charge in [0, 0.05) is 6.54 Å². The predicted octanol–water partition coefficient (Wildman–Crippen LogP) is 1.34. The molecule has 5 nitrogen and oxygen atoms in total. The fourth-order valence-corrected chi connectivity index (χ4v) is 1.77. The monoisotopic (exact) mass is 263 g/mol. The van der Waals surface area contributed by atoms with Gasteiger partial charge in [-0.2, -0.15) is 0 Å². The second-order valence-corrected chi connectivity index (χ2v) is 5.36. The Kier molecular flexibility index (Phi) is 5.34. The van der Waals surface area contributed by atoms with Gasteiger partial charge < -0.3 is 19.5 Å². The number of carbonyl (C=O) groups excluding carboxylic acids is 1. The van der Waals surface area contributed by atoms with E-state index in [-0.39, 0.29) is 19.8 Å². The average Bonchev–Trinajstić information content (AvgIpc) is 2.25. The SMILES string of the molecule is CC(C)(C)OC(=O)N1CC[C@H](OCCO)[C@H](F)C1. The molecule has 0 aromatic heterocycles. The summed E-state index contributed by atoms with van der Waals surface area (Å²) in [6.45, 7) is 5.70. The van der Waals surface area contributed by atoms with Crippen LogP contribution in [0.4, 0.5) is 9.18 Å². The van der Waals surface area contributed by atoms with E-state index >= 15 is 0 Å². The first-order valence-corrected chi connectivity index (χ1v) is 6.18. The Hall–Kier alpha value is -0.880. The lowest BCUT2D eigenvalue weighted by atomic mass is 10.1. The number of aliphatic hydroxyl groups excluding tert-OH is 1. The highest BCUT2D eigenvalue weighted by Crippen LogP contribution is 2.19.